The molecule has 144 valence electrons. The van der Waals surface area contributed by atoms with E-state index in [0.717, 1.165) is 43.7 Å². The molecule has 0 N–H and O–H groups in total. The van der Waals surface area contributed by atoms with Crippen molar-refractivity contribution in [3.05, 3.63) is 42.4 Å². The van der Waals surface area contributed by atoms with Crippen LogP contribution >= 0.6 is 11.8 Å². The summed E-state index contributed by atoms with van der Waals surface area (Å²) in [6.07, 6.45) is 9.26. The van der Waals surface area contributed by atoms with Crippen molar-refractivity contribution in [2.75, 3.05) is 19.4 Å². The Morgan fingerprint density at radius 1 is 1.33 bits per heavy atom. The molecule has 2 aromatic rings. The predicted molar refractivity (Wildman–Crippen MR) is 107 cm³/mol. The fourth-order valence-electron chi connectivity index (χ4n) is 3.24. The molecule has 1 aromatic heterocycles. The Kier molecular flexibility index (Phi) is 6.92. The van der Waals surface area contributed by atoms with E-state index in [0.29, 0.717) is 10.9 Å². The number of carbonyl (C=O) groups is 1. The number of allylic oxidation sites excluding steroid dienone is 2. The zero-order valence-corrected chi connectivity index (χ0v) is 16.7. The average molecular weight is 387 g/mol. The number of methoxy groups -OCH3 is 1. The van der Waals surface area contributed by atoms with Gasteiger partial charge in [-0.2, -0.15) is 0 Å². The highest BCUT2D eigenvalue weighted by molar-refractivity contribution is 7.99. The number of carbonyl (C=O) groups excluding carboxylic acids is 1. The Morgan fingerprint density at radius 2 is 2.19 bits per heavy atom. The Labute approximate surface area is 164 Å². The summed E-state index contributed by atoms with van der Waals surface area (Å²) < 4.78 is 7.29. The lowest BCUT2D eigenvalue weighted by atomic mass is 10.0. The van der Waals surface area contributed by atoms with Crippen molar-refractivity contribution in [3.8, 4) is 11.4 Å². The third-order valence-electron chi connectivity index (χ3n) is 4.55. The van der Waals surface area contributed by atoms with Crippen molar-refractivity contribution < 1.29 is 9.53 Å². The Morgan fingerprint density at radius 3 is 2.93 bits per heavy atom. The minimum atomic E-state index is 0.129. The molecule has 0 spiro atoms. The molecule has 1 heterocycles. The molecule has 7 heteroatoms. The van der Waals surface area contributed by atoms with Crippen LogP contribution in [-0.2, 0) is 4.79 Å². The zero-order valence-electron chi connectivity index (χ0n) is 15.9. The molecule has 3 rings (SSSR count). The van der Waals surface area contributed by atoms with Crippen LogP contribution in [0.1, 0.15) is 39.0 Å². The summed E-state index contributed by atoms with van der Waals surface area (Å²) in [5, 5.41) is 8.90. The number of amides is 1. The summed E-state index contributed by atoms with van der Waals surface area (Å²) in [6, 6.07) is 7.71. The standard InChI is InChI=1S/C20H26N4O2S/c1-3-13-23(16-9-5-4-6-10-16)19(25)14-27-20-22-21-15-24(20)17-11-7-8-12-18(17)26-2/h7-9,11-12,15H,3-6,10,13-14H2,1-2H3. The van der Waals surface area contributed by atoms with E-state index in [9.17, 15) is 4.79 Å². The maximum atomic E-state index is 12.9. The second-order valence-corrected chi connectivity index (χ2v) is 7.37. The van der Waals surface area contributed by atoms with Crippen molar-refractivity contribution in [3.63, 3.8) is 0 Å². The summed E-state index contributed by atoms with van der Waals surface area (Å²) >= 11 is 1.41. The molecule has 0 radical (unpaired) electrons. The molecule has 0 atom stereocenters. The maximum absolute atomic E-state index is 12.9. The SMILES string of the molecule is CCCN(C(=O)CSc1nncn1-c1ccccc1OC)C1=CCCCC1. The molecular weight excluding hydrogens is 360 g/mol. The molecule has 0 saturated heterocycles. The van der Waals surface area contributed by atoms with Crippen LogP contribution in [-0.4, -0.2) is 45.0 Å². The quantitative estimate of drug-likeness (QED) is 0.640. The molecule has 6 nitrogen and oxygen atoms in total. The Bertz CT molecular complexity index is 803. The van der Waals surface area contributed by atoms with E-state index in [1.807, 2.05) is 33.7 Å². The van der Waals surface area contributed by atoms with Gasteiger partial charge in [-0.15, -0.1) is 10.2 Å². The van der Waals surface area contributed by atoms with E-state index < -0.39 is 0 Å². The molecule has 0 fully saturated rings. The molecule has 1 aromatic carbocycles. The molecular formula is C20H26N4O2S. The number of aromatic nitrogens is 3. The van der Waals surface area contributed by atoms with Gasteiger partial charge < -0.3 is 9.64 Å². The summed E-state index contributed by atoms with van der Waals surface area (Å²) in [4.78, 5) is 14.8. The molecule has 1 aliphatic carbocycles. The smallest absolute Gasteiger partial charge is 0.237 e. The summed E-state index contributed by atoms with van der Waals surface area (Å²) in [5.41, 5.74) is 2.04. The first kappa shape index (κ1) is 19.5. The lowest BCUT2D eigenvalue weighted by molar-refractivity contribution is -0.126. The second kappa shape index (κ2) is 9.60. The van der Waals surface area contributed by atoms with Gasteiger partial charge in [-0.1, -0.05) is 36.9 Å². The molecule has 27 heavy (non-hydrogen) atoms. The highest BCUT2D eigenvalue weighted by Gasteiger charge is 2.20. The summed E-state index contributed by atoms with van der Waals surface area (Å²) in [5.74, 6) is 1.21. The Balaban J connectivity index is 1.72. The van der Waals surface area contributed by atoms with Crippen molar-refractivity contribution in [2.24, 2.45) is 0 Å². The van der Waals surface area contributed by atoms with E-state index >= 15 is 0 Å². The van der Waals surface area contributed by atoms with Gasteiger partial charge in [0.15, 0.2) is 5.16 Å². The van der Waals surface area contributed by atoms with E-state index in [1.165, 1.54) is 23.9 Å². The Hall–Kier alpha value is -2.28. The van der Waals surface area contributed by atoms with Crippen LogP contribution in [0.25, 0.3) is 5.69 Å². The van der Waals surface area contributed by atoms with Crippen LogP contribution in [0.2, 0.25) is 0 Å². The number of ether oxygens (including phenoxy) is 1. The molecule has 1 amide bonds. The van der Waals surface area contributed by atoms with Gasteiger partial charge in [-0.25, -0.2) is 0 Å². The van der Waals surface area contributed by atoms with E-state index in [-0.39, 0.29) is 5.91 Å². The van der Waals surface area contributed by atoms with Crippen LogP contribution < -0.4 is 4.74 Å². The number of rotatable bonds is 8. The predicted octanol–water partition coefficient (Wildman–Crippen LogP) is 4.06. The maximum Gasteiger partial charge on any atom is 0.237 e. The third-order valence-corrected chi connectivity index (χ3v) is 5.48. The van der Waals surface area contributed by atoms with Gasteiger partial charge in [0.25, 0.3) is 0 Å². The van der Waals surface area contributed by atoms with Gasteiger partial charge in [0, 0.05) is 12.2 Å². The summed E-state index contributed by atoms with van der Waals surface area (Å²) in [7, 11) is 1.64. The van der Waals surface area contributed by atoms with Crippen LogP contribution in [0.3, 0.4) is 0 Å². The number of hydrogen-bond acceptors (Lipinski definition) is 5. The van der Waals surface area contributed by atoms with E-state index in [1.54, 1.807) is 13.4 Å². The topological polar surface area (TPSA) is 60.2 Å². The van der Waals surface area contributed by atoms with Crippen molar-refractivity contribution in [1.29, 1.82) is 0 Å². The second-order valence-electron chi connectivity index (χ2n) is 6.43. The van der Waals surface area contributed by atoms with Gasteiger partial charge >= 0.3 is 0 Å². The number of thioether (sulfide) groups is 1. The van der Waals surface area contributed by atoms with Gasteiger partial charge in [0.05, 0.1) is 18.6 Å². The lowest BCUT2D eigenvalue weighted by Crippen LogP contribution is -2.33. The fourth-order valence-corrected chi connectivity index (χ4v) is 4.04. The normalized spacial score (nSPS) is 13.9. The molecule has 0 aliphatic heterocycles. The minimum Gasteiger partial charge on any atom is -0.495 e. The first-order valence-corrected chi connectivity index (χ1v) is 10.4. The molecule has 0 unspecified atom stereocenters. The molecule has 0 bridgehead atoms. The third kappa shape index (κ3) is 4.71. The van der Waals surface area contributed by atoms with Gasteiger partial charge in [0.1, 0.15) is 12.1 Å². The van der Waals surface area contributed by atoms with Gasteiger partial charge in [-0.3, -0.25) is 9.36 Å². The lowest BCUT2D eigenvalue weighted by Gasteiger charge is -2.27. The largest absolute Gasteiger partial charge is 0.495 e. The van der Waals surface area contributed by atoms with Crippen molar-refractivity contribution in [2.45, 2.75) is 44.2 Å². The number of nitrogens with zero attached hydrogens (tertiary/aromatic N) is 4. The van der Waals surface area contributed by atoms with Crippen molar-refractivity contribution >= 4 is 17.7 Å². The van der Waals surface area contributed by atoms with Crippen LogP contribution in [0.5, 0.6) is 5.75 Å². The van der Waals surface area contributed by atoms with Crippen molar-refractivity contribution in [1.82, 2.24) is 19.7 Å². The highest BCUT2D eigenvalue weighted by Crippen LogP contribution is 2.27. The highest BCUT2D eigenvalue weighted by atomic mass is 32.2. The van der Waals surface area contributed by atoms with Crippen LogP contribution in [0.15, 0.2) is 47.5 Å². The first-order valence-electron chi connectivity index (χ1n) is 9.40. The minimum absolute atomic E-state index is 0.129. The molecule has 1 aliphatic rings. The monoisotopic (exact) mass is 386 g/mol. The number of hydrogen-bond donors (Lipinski definition) is 0. The first-order chi connectivity index (χ1) is 13.2. The van der Waals surface area contributed by atoms with E-state index in [2.05, 4.69) is 23.2 Å². The van der Waals surface area contributed by atoms with Crippen LogP contribution in [0.4, 0.5) is 0 Å². The summed E-state index contributed by atoms with van der Waals surface area (Å²) in [6.45, 7) is 2.87. The van der Waals surface area contributed by atoms with Gasteiger partial charge in [0.2, 0.25) is 5.91 Å². The van der Waals surface area contributed by atoms with Gasteiger partial charge in [-0.05, 0) is 44.2 Å². The van der Waals surface area contributed by atoms with E-state index in [4.69, 9.17) is 4.74 Å². The average Bonchev–Trinajstić information content (AvgIpc) is 3.19. The van der Waals surface area contributed by atoms with Crippen LogP contribution in [0, 0.1) is 0 Å². The molecule has 0 saturated carbocycles. The number of para-hydroxylation sites is 2. The zero-order chi connectivity index (χ0) is 19.1. The fraction of sp³-hybridized carbons (Fsp3) is 0.450. The number of benzene rings is 1.